The fourth-order valence-electron chi connectivity index (χ4n) is 0.782. The van der Waals surface area contributed by atoms with E-state index in [1.807, 2.05) is 0 Å². The van der Waals surface area contributed by atoms with Crippen LogP contribution in [0, 0.1) is 28.5 Å². The Hall–Kier alpha value is -2.11. The largest absolute Gasteiger partial charge is 0.319 e. The summed E-state index contributed by atoms with van der Waals surface area (Å²) in [6.45, 7) is 0. The standard InChI is InChI=1S/C9H7FN4/c10-7-1-3-8(4-2-7)13-14-9(5-11)6-12/h1-4,9,13-14H. The Balaban J connectivity index is 2.51. The molecule has 0 saturated carbocycles. The van der Waals surface area contributed by atoms with Crippen molar-refractivity contribution >= 4 is 5.69 Å². The van der Waals surface area contributed by atoms with E-state index in [4.69, 9.17) is 10.5 Å². The quantitative estimate of drug-likeness (QED) is 0.701. The lowest BCUT2D eigenvalue weighted by Gasteiger charge is -2.07. The van der Waals surface area contributed by atoms with E-state index in [1.54, 1.807) is 12.1 Å². The van der Waals surface area contributed by atoms with Gasteiger partial charge in [0.05, 0.1) is 12.1 Å². The molecule has 4 nitrogen and oxygen atoms in total. The normalized spacial score (nSPS) is 9.14. The van der Waals surface area contributed by atoms with E-state index in [9.17, 15) is 4.39 Å². The predicted molar refractivity (Wildman–Crippen MR) is 48.2 cm³/mol. The summed E-state index contributed by atoms with van der Waals surface area (Å²) in [5, 5.41) is 16.8. The number of benzene rings is 1. The first kappa shape index (κ1) is 9.97. The average Bonchev–Trinajstić information content (AvgIpc) is 2.22. The number of hydrazine groups is 1. The second-order valence-electron chi connectivity index (χ2n) is 2.47. The van der Waals surface area contributed by atoms with Gasteiger partial charge in [0.2, 0.25) is 0 Å². The highest BCUT2D eigenvalue weighted by Crippen LogP contribution is 2.06. The van der Waals surface area contributed by atoms with Gasteiger partial charge in [-0.3, -0.25) is 0 Å². The Kier molecular flexibility index (Phi) is 3.42. The van der Waals surface area contributed by atoms with Gasteiger partial charge in [-0.1, -0.05) is 0 Å². The van der Waals surface area contributed by atoms with E-state index in [2.05, 4.69) is 10.9 Å². The van der Waals surface area contributed by atoms with Crippen molar-refractivity contribution in [2.45, 2.75) is 6.04 Å². The first-order valence-corrected chi connectivity index (χ1v) is 3.82. The second-order valence-corrected chi connectivity index (χ2v) is 2.47. The number of nitrogens with zero attached hydrogens (tertiary/aromatic N) is 2. The molecule has 0 aliphatic heterocycles. The highest BCUT2D eigenvalue weighted by atomic mass is 19.1. The minimum Gasteiger partial charge on any atom is -0.319 e. The van der Waals surface area contributed by atoms with Gasteiger partial charge in [0.25, 0.3) is 0 Å². The van der Waals surface area contributed by atoms with Crippen molar-refractivity contribution in [3.8, 4) is 12.1 Å². The van der Waals surface area contributed by atoms with Crippen LogP contribution in [0.3, 0.4) is 0 Å². The van der Waals surface area contributed by atoms with E-state index >= 15 is 0 Å². The van der Waals surface area contributed by atoms with Crippen molar-refractivity contribution in [1.82, 2.24) is 5.43 Å². The van der Waals surface area contributed by atoms with Crippen molar-refractivity contribution in [1.29, 1.82) is 10.5 Å². The number of rotatable bonds is 3. The van der Waals surface area contributed by atoms with E-state index in [0.717, 1.165) is 0 Å². The molecule has 1 rings (SSSR count). The fraction of sp³-hybridized carbons (Fsp3) is 0.111. The van der Waals surface area contributed by atoms with Gasteiger partial charge in [0.1, 0.15) is 5.82 Å². The molecule has 0 heterocycles. The molecule has 70 valence electrons. The summed E-state index contributed by atoms with van der Waals surface area (Å²) in [6.07, 6.45) is 0. The molecule has 5 heteroatoms. The number of nitrogens with one attached hydrogen (secondary N) is 2. The van der Waals surface area contributed by atoms with Crippen LogP contribution in [-0.2, 0) is 0 Å². The molecule has 2 N–H and O–H groups in total. The molecule has 0 saturated heterocycles. The van der Waals surface area contributed by atoms with Crippen LogP contribution in [0.2, 0.25) is 0 Å². The predicted octanol–water partition coefficient (Wildman–Crippen LogP) is 1.16. The van der Waals surface area contributed by atoms with Crippen LogP contribution >= 0.6 is 0 Å². The van der Waals surface area contributed by atoms with Gasteiger partial charge in [-0.05, 0) is 24.3 Å². The zero-order valence-electron chi connectivity index (χ0n) is 7.16. The van der Waals surface area contributed by atoms with E-state index < -0.39 is 6.04 Å². The van der Waals surface area contributed by atoms with Crippen LogP contribution in [0.1, 0.15) is 0 Å². The fourth-order valence-corrected chi connectivity index (χ4v) is 0.782. The van der Waals surface area contributed by atoms with Crippen molar-refractivity contribution in [2.24, 2.45) is 0 Å². The van der Waals surface area contributed by atoms with Gasteiger partial charge < -0.3 is 5.43 Å². The molecule has 14 heavy (non-hydrogen) atoms. The van der Waals surface area contributed by atoms with E-state index in [-0.39, 0.29) is 5.82 Å². The third kappa shape index (κ3) is 2.74. The molecular formula is C9H7FN4. The molecule has 0 aliphatic rings. The molecule has 0 fully saturated rings. The summed E-state index contributed by atoms with van der Waals surface area (Å²) >= 11 is 0. The maximum atomic E-state index is 12.5. The lowest BCUT2D eigenvalue weighted by atomic mass is 10.3. The van der Waals surface area contributed by atoms with Gasteiger partial charge >= 0.3 is 0 Å². The number of hydrogen-bond donors (Lipinski definition) is 2. The van der Waals surface area contributed by atoms with Crippen molar-refractivity contribution < 1.29 is 4.39 Å². The SMILES string of the molecule is N#CC(C#N)NNc1ccc(F)cc1. The van der Waals surface area contributed by atoms with E-state index in [0.29, 0.717) is 5.69 Å². The lowest BCUT2D eigenvalue weighted by Crippen LogP contribution is -2.31. The van der Waals surface area contributed by atoms with Gasteiger partial charge in [0.15, 0.2) is 6.04 Å². The molecule has 0 atom stereocenters. The van der Waals surface area contributed by atoms with Crippen LogP contribution in [0.4, 0.5) is 10.1 Å². The van der Waals surface area contributed by atoms with Crippen molar-refractivity contribution in [3.05, 3.63) is 30.1 Å². The zero-order chi connectivity index (χ0) is 10.4. The topological polar surface area (TPSA) is 71.6 Å². The highest BCUT2D eigenvalue weighted by Gasteiger charge is 2.02. The summed E-state index contributed by atoms with van der Waals surface area (Å²) in [5.74, 6) is -0.340. The second kappa shape index (κ2) is 4.80. The molecule has 0 aliphatic carbocycles. The summed E-state index contributed by atoms with van der Waals surface area (Å²) in [5.41, 5.74) is 5.66. The van der Waals surface area contributed by atoms with Crippen molar-refractivity contribution in [2.75, 3.05) is 5.43 Å². The van der Waals surface area contributed by atoms with E-state index in [1.165, 1.54) is 24.3 Å². The first-order chi connectivity index (χ1) is 6.76. The van der Waals surface area contributed by atoms with Gasteiger partial charge in [0, 0.05) is 5.69 Å². The smallest absolute Gasteiger partial charge is 0.199 e. The Labute approximate surface area is 80.5 Å². The third-order valence-electron chi connectivity index (χ3n) is 1.46. The minimum absolute atomic E-state index is 0.340. The molecule has 0 radical (unpaired) electrons. The minimum atomic E-state index is -0.931. The summed E-state index contributed by atoms with van der Waals surface area (Å²) < 4.78 is 12.5. The van der Waals surface area contributed by atoms with Crippen molar-refractivity contribution in [3.63, 3.8) is 0 Å². The molecule has 0 unspecified atom stereocenters. The lowest BCUT2D eigenvalue weighted by molar-refractivity contribution is 0.628. The van der Waals surface area contributed by atoms with Crippen LogP contribution in [0.25, 0.3) is 0 Å². The number of anilines is 1. The monoisotopic (exact) mass is 190 g/mol. The molecule has 0 bridgehead atoms. The van der Waals surface area contributed by atoms with Crippen LogP contribution in [0.15, 0.2) is 24.3 Å². The molecule has 0 aromatic heterocycles. The molecule has 1 aromatic rings. The highest BCUT2D eigenvalue weighted by molar-refractivity contribution is 5.42. The maximum Gasteiger partial charge on any atom is 0.199 e. The summed E-state index contributed by atoms with van der Waals surface area (Å²) in [6, 6.07) is 8.06. The summed E-state index contributed by atoms with van der Waals surface area (Å²) in [7, 11) is 0. The summed E-state index contributed by atoms with van der Waals surface area (Å²) in [4.78, 5) is 0. The molecule has 1 aromatic carbocycles. The Morgan fingerprint density at radius 3 is 2.21 bits per heavy atom. The third-order valence-corrected chi connectivity index (χ3v) is 1.46. The molecule has 0 amide bonds. The Bertz CT molecular complexity index is 359. The number of hydrogen-bond acceptors (Lipinski definition) is 4. The van der Waals surface area contributed by atoms with Crippen LogP contribution in [-0.4, -0.2) is 6.04 Å². The number of halogens is 1. The van der Waals surface area contributed by atoms with Gasteiger partial charge in [-0.15, -0.1) is 0 Å². The zero-order valence-corrected chi connectivity index (χ0v) is 7.16. The average molecular weight is 190 g/mol. The Morgan fingerprint density at radius 2 is 1.71 bits per heavy atom. The van der Waals surface area contributed by atoms with Gasteiger partial charge in [-0.25, -0.2) is 9.82 Å². The first-order valence-electron chi connectivity index (χ1n) is 3.82. The van der Waals surface area contributed by atoms with Crippen LogP contribution in [0.5, 0.6) is 0 Å². The number of nitriles is 2. The molecular weight excluding hydrogens is 183 g/mol. The van der Waals surface area contributed by atoms with Gasteiger partial charge in [-0.2, -0.15) is 10.5 Å². The molecule has 0 spiro atoms. The Morgan fingerprint density at radius 1 is 1.14 bits per heavy atom. The van der Waals surface area contributed by atoms with Crippen LogP contribution < -0.4 is 10.9 Å². The maximum absolute atomic E-state index is 12.5.